The van der Waals surface area contributed by atoms with E-state index in [0.29, 0.717) is 11.3 Å². The van der Waals surface area contributed by atoms with Crippen LogP contribution in [0, 0.1) is 0 Å². The monoisotopic (exact) mass is 639 g/mol. The second-order valence-corrected chi connectivity index (χ2v) is 9.78. The van der Waals surface area contributed by atoms with E-state index in [9.17, 15) is 42.3 Å². The number of nitrogens with one attached hydrogen (secondary N) is 4. The van der Waals surface area contributed by atoms with Crippen LogP contribution in [0.4, 0.5) is 13.2 Å². The van der Waals surface area contributed by atoms with Crippen molar-refractivity contribution in [3.63, 3.8) is 0 Å². The molecule has 3 atom stereocenters. The number of ether oxygens (including phenoxy) is 1. The minimum Gasteiger partial charge on any atom is -0.484 e. The maximum atomic E-state index is 13.0. The molecule has 7 N–H and O–H groups in total. The summed E-state index contributed by atoms with van der Waals surface area (Å²) < 4.78 is 44.3. The quantitative estimate of drug-likeness (QED) is 0.159. The average Bonchev–Trinajstić information content (AvgIpc) is 3.00. The summed E-state index contributed by atoms with van der Waals surface area (Å²) in [4.78, 5) is 60.7. The van der Waals surface area contributed by atoms with Crippen molar-refractivity contribution < 1.29 is 47.0 Å². The smallest absolute Gasteiger partial charge is 0.416 e. The molecule has 0 radical (unpaired) electrons. The summed E-state index contributed by atoms with van der Waals surface area (Å²) in [6.07, 6.45) is -7.96. The van der Waals surface area contributed by atoms with Crippen LogP contribution < -0.4 is 31.7 Å². The molecular formula is C30H40F3N5O7. The van der Waals surface area contributed by atoms with Gasteiger partial charge in [-0.3, -0.25) is 24.0 Å². The summed E-state index contributed by atoms with van der Waals surface area (Å²) in [5, 5.41) is 18.5. The number of halogens is 3. The molecule has 2 aromatic rings. The average molecular weight is 640 g/mol. The first-order chi connectivity index (χ1) is 21.3. The fourth-order valence-electron chi connectivity index (χ4n) is 3.58. The van der Waals surface area contributed by atoms with Gasteiger partial charge in [-0.1, -0.05) is 68.8 Å². The third kappa shape index (κ3) is 16.7. The highest BCUT2D eigenvalue weighted by atomic mass is 19.4. The summed E-state index contributed by atoms with van der Waals surface area (Å²) >= 11 is 0. The number of aliphatic hydroxyl groups is 1. The lowest BCUT2D eigenvalue weighted by Gasteiger charge is -2.26. The normalized spacial score (nSPS) is 12.7. The minimum atomic E-state index is -5.09. The summed E-state index contributed by atoms with van der Waals surface area (Å²) in [7, 11) is 0. The second-order valence-electron chi connectivity index (χ2n) is 9.78. The van der Waals surface area contributed by atoms with Crippen LogP contribution in [-0.4, -0.2) is 78.7 Å². The Kier molecular flexibility index (Phi) is 17.3. The highest BCUT2D eigenvalue weighted by Crippen LogP contribution is 2.24. The number of hydrogen-bond donors (Lipinski definition) is 6. The van der Waals surface area contributed by atoms with Crippen molar-refractivity contribution in [3.8, 4) is 5.75 Å². The highest BCUT2D eigenvalue weighted by molar-refractivity contribution is 5.92. The Balaban J connectivity index is 0.00000324. The molecular weight excluding hydrogens is 599 g/mol. The molecule has 0 aromatic heterocycles. The molecule has 12 nitrogen and oxygen atoms in total. The lowest BCUT2D eigenvalue weighted by molar-refractivity contribution is -0.212. The zero-order valence-corrected chi connectivity index (χ0v) is 25.1. The molecule has 0 bridgehead atoms. The molecule has 2 aromatic carbocycles. The van der Waals surface area contributed by atoms with E-state index in [1.807, 2.05) is 5.32 Å². The fraction of sp³-hybridized carbons (Fsp3) is 0.433. The number of benzene rings is 2. The van der Waals surface area contributed by atoms with E-state index in [0.717, 1.165) is 0 Å². The molecule has 15 heteroatoms. The molecule has 45 heavy (non-hydrogen) atoms. The molecule has 0 spiro atoms. The summed E-state index contributed by atoms with van der Waals surface area (Å²) in [6.45, 7) is 2.60. The Morgan fingerprint density at radius 2 is 1.38 bits per heavy atom. The van der Waals surface area contributed by atoms with Gasteiger partial charge in [0.25, 0.3) is 5.91 Å². The third-order valence-corrected chi connectivity index (χ3v) is 5.68. The number of carbonyl (C=O) groups excluding carboxylic acids is 5. The number of para-hydroxylation sites is 1. The van der Waals surface area contributed by atoms with Crippen LogP contribution in [0.3, 0.4) is 0 Å². The van der Waals surface area contributed by atoms with Gasteiger partial charge >= 0.3 is 6.18 Å². The van der Waals surface area contributed by atoms with E-state index < -0.39 is 79.8 Å². The van der Waals surface area contributed by atoms with Crippen LogP contribution >= 0.6 is 0 Å². The molecule has 5 amide bonds. The molecule has 0 fully saturated rings. The van der Waals surface area contributed by atoms with Crippen molar-refractivity contribution in [2.45, 2.75) is 63.9 Å². The molecule has 2 rings (SSSR count). The van der Waals surface area contributed by atoms with E-state index in [1.165, 1.54) is 6.42 Å². The number of aliphatic hydroxyl groups excluding tert-OH is 1. The number of rotatable bonds is 16. The number of alkyl halides is 3. The van der Waals surface area contributed by atoms with Crippen molar-refractivity contribution in [1.29, 1.82) is 0 Å². The topological polar surface area (TPSA) is 189 Å². The lowest BCUT2D eigenvalue weighted by atomic mass is 10.0. The number of primary amides is 1. The van der Waals surface area contributed by atoms with Crippen LogP contribution in [0.25, 0.3) is 0 Å². The van der Waals surface area contributed by atoms with E-state index >= 15 is 0 Å². The number of amides is 5. The van der Waals surface area contributed by atoms with E-state index in [4.69, 9.17) is 10.5 Å². The van der Waals surface area contributed by atoms with Crippen LogP contribution in [0.2, 0.25) is 0 Å². The van der Waals surface area contributed by atoms with Crippen LogP contribution in [0.1, 0.15) is 38.7 Å². The van der Waals surface area contributed by atoms with E-state index in [-0.39, 0.29) is 13.0 Å². The van der Waals surface area contributed by atoms with Gasteiger partial charge in [0, 0.05) is 12.8 Å². The second kappa shape index (κ2) is 20.3. The zero-order chi connectivity index (χ0) is 33.8. The SMILES string of the molecule is CCC.NC(=O)CCC(NC(=O)CNC(=O)C(Cc1ccccc1)NC(=O)CNC(=O)COc1ccccc1)C(O)C(F)(F)F. The van der Waals surface area contributed by atoms with Crippen molar-refractivity contribution in [1.82, 2.24) is 21.3 Å². The first-order valence-corrected chi connectivity index (χ1v) is 14.1. The van der Waals surface area contributed by atoms with Gasteiger partial charge in [-0.2, -0.15) is 13.2 Å². The maximum absolute atomic E-state index is 13.0. The standard InChI is InChI=1S/C27H32F3N5O7.C3H8/c28-27(29,30)25(40)19(11-12-21(31)36)34-23(38)15-33-26(41)20(13-17-7-3-1-4-8-17)35-22(37)14-32-24(39)16-42-18-9-5-2-6-10-18;1-3-2/h1-10,19-20,25,40H,11-16H2,(H2,31,36)(H,32,39)(H,33,41)(H,34,38)(H,35,37);3H2,1-2H3. The van der Waals surface area contributed by atoms with Gasteiger partial charge in [0.2, 0.25) is 23.6 Å². The van der Waals surface area contributed by atoms with Gasteiger partial charge < -0.3 is 36.8 Å². The zero-order valence-electron chi connectivity index (χ0n) is 25.1. The molecule has 3 unspecified atom stereocenters. The Hall–Kier alpha value is -4.66. The Labute approximate surface area is 259 Å². The molecule has 0 heterocycles. The van der Waals surface area contributed by atoms with Gasteiger partial charge in [0.1, 0.15) is 11.8 Å². The summed E-state index contributed by atoms with van der Waals surface area (Å²) in [5.41, 5.74) is 5.60. The van der Waals surface area contributed by atoms with Crippen LogP contribution in [-0.2, 0) is 30.4 Å². The molecule has 0 aliphatic rings. The predicted molar refractivity (Wildman–Crippen MR) is 158 cm³/mol. The van der Waals surface area contributed by atoms with Crippen molar-refractivity contribution in [2.24, 2.45) is 5.73 Å². The van der Waals surface area contributed by atoms with E-state index in [2.05, 4.69) is 29.8 Å². The minimum absolute atomic E-state index is 0.0148. The van der Waals surface area contributed by atoms with Crippen LogP contribution in [0.15, 0.2) is 60.7 Å². The molecule has 0 aliphatic carbocycles. The fourth-order valence-corrected chi connectivity index (χ4v) is 3.58. The van der Waals surface area contributed by atoms with E-state index in [1.54, 1.807) is 60.7 Å². The Bertz CT molecular complexity index is 1220. The molecule has 248 valence electrons. The van der Waals surface area contributed by atoms with Crippen molar-refractivity contribution in [3.05, 3.63) is 66.2 Å². The maximum Gasteiger partial charge on any atom is 0.416 e. The Morgan fingerprint density at radius 1 is 0.844 bits per heavy atom. The first-order valence-electron chi connectivity index (χ1n) is 14.1. The van der Waals surface area contributed by atoms with Gasteiger partial charge in [0.15, 0.2) is 12.7 Å². The van der Waals surface area contributed by atoms with Crippen molar-refractivity contribution in [2.75, 3.05) is 19.7 Å². The van der Waals surface area contributed by atoms with Crippen molar-refractivity contribution >= 4 is 29.5 Å². The van der Waals surface area contributed by atoms with Gasteiger partial charge in [-0.05, 0) is 24.1 Å². The third-order valence-electron chi connectivity index (χ3n) is 5.68. The Morgan fingerprint density at radius 3 is 1.93 bits per heavy atom. The van der Waals surface area contributed by atoms with Crippen LogP contribution in [0.5, 0.6) is 5.75 Å². The van der Waals surface area contributed by atoms with Gasteiger partial charge in [-0.25, -0.2) is 0 Å². The first kappa shape index (κ1) is 38.4. The summed E-state index contributed by atoms with van der Waals surface area (Å²) in [6, 6.07) is 13.9. The highest BCUT2D eigenvalue weighted by Gasteiger charge is 2.44. The van der Waals surface area contributed by atoms with Gasteiger partial charge in [0.05, 0.1) is 19.1 Å². The molecule has 0 aliphatic heterocycles. The number of nitrogens with two attached hydrogens (primary N) is 1. The molecule has 0 saturated carbocycles. The van der Waals surface area contributed by atoms with Gasteiger partial charge in [-0.15, -0.1) is 0 Å². The summed E-state index contributed by atoms with van der Waals surface area (Å²) in [5.74, 6) is -3.74. The predicted octanol–water partition coefficient (Wildman–Crippen LogP) is 1.12. The largest absolute Gasteiger partial charge is 0.484 e. The number of carbonyl (C=O) groups is 5. The lowest BCUT2D eigenvalue weighted by Crippen LogP contribution is -2.54. The number of hydrogen-bond acceptors (Lipinski definition) is 7. The molecule has 0 saturated heterocycles.